The topological polar surface area (TPSA) is 20.2 Å². The molecule has 1 nitrogen and oxygen atoms in total. The number of aliphatic hydroxyl groups is 1. The van der Waals surface area contributed by atoms with Crippen LogP contribution in [0.25, 0.3) is 0 Å². The van der Waals surface area contributed by atoms with E-state index in [1.165, 1.54) is 0 Å². The first-order chi connectivity index (χ1) is 8.85. The third-order valence-corrected chi connectivity index (χ3v) is 2.83. The number of rotatable bonds is 6. The summed E-state index contributed by atoms with van der Waals surface area (Å²) < 4.78 is 144. The molecular formula is C7H3F12IO. The molecule has 14 heteroatoms. The van der Waals surface area contributed by atoms with Gasteiger partial charge < -0.3 is 5.11 Å². The summed E-state index contributed by atoms with van der Waals surface area (Å²) in [4.78, 5) is 0. The molecule has 21 heavy (non-hydrogen) atoms. The van der Waals surface area contributed by atoms with Crippen molar-refractivity contribution in [3.63, 3.8) is 0 Å². The second-order valence-corrected chi connectivity index (χ2v) is 5.05. The second kappa shape index (κ2) is 5.49. The van der Waals surface area contributed by atoms with E-state index >= 15 is 0 Å². The third-order valence-electron chi connectivity index (χ3n) is 2.15. The SMILES string of the molecule is OC(F)(I)C(F)(F)C(F)(F)C(F)(F)C(F)(F)C(F)C(F)F. The molecule has 2 unspecified atom stereocenters. The summed E-state index contributed by atoms with van der Waals surface area (Å²) in [6, 6.07) is 0. The Hall–Kier alpha value is -0.150. The van der Waals surface area contributed by atoms with Crippen molar-refractivity contribution in [3.8, 4) is 0 Å². The lowest BCUT2D eigenvalue weighted by atomic mass is 9.95. The van der Waals surface area contributed by atoms with Gasteiger partial charge in [0.2, 0.25) is 6.17 Å². The van der Waals surface area contributed by atoms with E-state index in [0.29, 0.717) is 0 Å². The molecule has 128 valence electrons. The van der Waals surface area contributed by atoms with Gasteiger partial charge >= 0.3 is 27.6 Å². The minimum absolute atomic E-state index is 0.518. The molecule has 0 aliphatic carbocycles. The molecule has 2 atom stereocenters. The van der Waals surface area contributed by atoms with E-state index in [-0.39, 0.29) is 0 Å². The van der Waals surface area contributed by atoms with E-state index in [9.17, 15) is 52.7 Å². The highest BCUT2D eigenvalue weighted by Crippen LogP contribution is 2.58. The van der Waals surface area contributed by atoms with Gasteiger partial charge in [-0.15, -0.1) is 0 Å². The number of alkyl halides is 13. The average Bonchev–Trinajstić information content (AvgIpc) is 2.25. The average molecular weight is 458 g/mol. The Balaban J connectivity index is 6.01. The zero-order valence-electron chi connectivity index (χ0n) is 9.02. The number of hydrogen-bond donors (Lipinski definition) is 1. The van der Waals surface area contributed by atoms with E-state index in [1.54, 1.807) is 0 Å². The number of halogens is 13. The Labute approximate surface area is 121 Å². The lowest BCUT2D eigenvalue weighted by molar-refractivity contribution is -0.402. The fourth-order valence-electron chi connectivity index (χ4n) is 0.927. The molecule has 0 saturated carbocycles. The van der Waals surface area contributed by atoms with Crippen molar-refractivity contribution in [2.75, 3.05) is 0 Å². The minimum Gasteiger partial charge on any atom is -0.349 e. The molecule has 0 aliphatic heterocycles. The first kappa shape index (κ1) is 20.9. The smallest absolute Gasteiger partial charge is 0.349 e. The molecule has 0 aromatic heterocycles. The molecule has 0 heterocycles. The van der Waals surface area contributed by atoms with Gasteiger partial charge in [-0.2, -0.15) is 39.5 Å². The summed E-state index contributed by atoms with van der Waals surface area (Å²) in [5, 5.41) is 8.03. The van der Waals surface area contributed by atoms with Crippen LogP contribution in [0.3, 0.4) is 0 Å². The molecule has 0 rings (SSSR count). The highest BCUT2D eigenvalue weighted by atomic mass is 127. The standard InChI is InChI=1S/C7H3F12IO/c8-1(2(9)10)3(11,12)4(13,14)5(15,16)6(17,18)7(19,20)21/h1-2,21H. The summed E-state index contributed by atoms with van der Waals surface area (Å²) in [5.74, 6) is -28.7. The van der Waals surface area contributed by atoms with Crippen LogP contribution in [0.2, 0.25) is 0 Å². The third kappa shape index (κ3) is 3.01. The molecule has 0 aromatic rings. The van der Waals surface area contributed by atoms with Crippen molar-refractivity contribution in [2.24, 2.45) is 0 Å². The number of hydrogen-bond acceptors (Lipinski definition) is 1. The Bertz CT molecular complexity index is 374. The van der Waals surface area contributed by atoms with Crippen molar-refractivity contribution >= 4 is 22.6 Å². The summed E-state index contributed by atoms with van der Waals surface area (Å²) in [6.07, 6.45) is -10.2. The zero-order chi connectivity index (χ0) is 17.7. The van der Waals surface area contributed by atoms with Crippen molar-refractivity contribution in [1.82, 2.24) is 0 Å². The van der Waals surface area contributed by atoms with Crippen molar-refractivity contribution in [3.05, 3.63) is 0 Å². The molecule has 1 N–H and O–H groups in total. The van der Waals surface area contributed by atoms with Crippen LogP contribution in [0.5, 0.6) is 0 Å². The predicted molar refractivity (Wildman–Crippen MR) is 50.8 cm³/mol. The second-order valence-electron chi connectivity index (χ2n) is 3.62. The molecule has 0 aromatic carbocycles. The van der Waals surface area contributed by atoms with Gasteiger partial charge in [0, 0.05) is 22.6 Å². The molecule has 0 fully saturated rings. The Kier molecular flexibility index (Phi) is 5.45. The molecule has 0 bridgehead atoms. The van der Waals surface area contributed by atoms with Gasteiger partial charge in [0.05, 0.1) is 0 Å². The normalized spacial score (nSPS) is 19.6. The van der Waals surface area contributed by atoms with E-state index in [1.807, 2.05) is 0 Å². The molecular weight excluding hydrogens is 455 g/mol. The summed E-state index contributed by atoms with van der Waals surface area (Å²) in [6.45, 7) is 0. The van der Waals surface area contributed by atoms with Gasteiger partial charge in [-0.05, 0) is 0 Å². The van der Waals surface area contributed by atoms with Crippen LogP contribution in [0.15, 0.2) is 0 Å². The first-order valence-corrected chi connectivity index (χ1v) is 5.47. The van der Waals surface area contributed by atoms with Gasteiger partial charge in [0.25, 0.3) is 6.43 Å². The molecule has 0 aliphatic rings. The van der Waals surface area contributed by atoms with Crippen LogP contribution in [0, 0.1) is 0 Å². The molecule has 0 spiro atoms. The summed E-state index contributed by atoms with van der Waals surface area (Å²) in [5.41, 5.74) is 0. The summed E-state index contributed by atoms with van der Waals surface area (Å²) in [7, 11) is 0. The highest BCUT2D eigenvalue weighted by Gasteiger charge is 2.87. The van der Waals surface area contributed by atoms with Gasteiger partial charge in [-0.25, -0.2) is 13.2 Å². The first-order valence-electron chi connectivity index (χ1n) is 4.39. The predicted octanol–water partition coefficient (Wildman–Crippen LogP) is 4.18. The van der Waals surface area contributed by atoms with E-state index < -0.39 is 62.7 Å². The lowest BCUT2D eigenvalue weighted by Crippen LogP contribution is -2.69. The van der Waals surface area contributed by atoms with Crippen LogP contribution >= 0.6 is 22.6 Å². The minimum atomic E-state index is -7.44. The van der Waals surface area contributed by atoms with Crippen molar-refractivity contribution < 1.29 is 57.8 Å². The van der Waals surface area contributed by atoms with Crippen molar-refractivity contribution in [1.29, 1.82) is 0 Å². The van der Waals surface area contributed by atoms with Crippen LogP contribution in [0.4, 0.5) is 52.7 Å². The Morgan fingerprint density at radius 2 is 1.00 bits per heavy atom. The van der Waals surface area contributed by atoms with Gasteiger partial charge in [-0.1, -0.05) is 0 Å². The maximum absolute atomic E-state index is 12.8. The quantitative estimate of drug-likeness (QED) is 0.360. The van der Waals surface area contributed by atoms with Crippen LogP contribution in [-0.2, 0) is 0 Å². The van der Waals surface area contributed by atoms with Crippen LogP contribution < -0.4 is 0 Å². The Morgan fingerprint density at radius 3 is 1.24 bits per heavy atom. The fraction of sp³-hybridized carbons (Fsp3) is 1.00. The van der Waals surface area contributed by atoms with Crippen LogP contribution in [0.1, 0.15) is 0 Å². The largest absolute Gasteiger partial charge is 0.385 e. The van der Waals surface area contributed by atoms with Crippen LogP contribution in [-0.4, -0.2) is 45.3 Å². The van der Waals surface area contributed by atoms with Gasteiger partial charge in [0.15, 0.2) is 0 Å². The van der Waals surface area contributed by atoms with E-state index in [4.69, 9.17) is 5.11 Å². The maximum atomic E-state index is 12.8. The maximum Gasteiger partial charge on any atom is 0.385 e. The zero-order valence-corrected chi connectivity index (χ0v) is 11.2. The highest BCUT2D eigenvalue weighted by molar-refractivity contribution is 14.1. The molecule has 0 amide bonds. The molecule has 0 saturated heterocycles. The lowest BCUT2D eigenvalue weighted by Gasteiger charge is -2.39. The van der Waals surface area contributed by atoms with Crippen molar-refractivity contribution in [2.45, 2.75) is 40.1 Å². The Morgan fingerprint density at radius 1 is 0.667 bits per heavy atom. The van der Waals surface area contributed by atoms with Gasteiger partial charge in [-0.3, -0.25) is 0 Å². The fourth-order valence-corrected chi connectivity index (χ4v) is 1.27. The van der Waals surface area contributed by atoms with E-state index in [0.717, 1.165) is 0 Å². The summed E-state index contributed by atoms with van der Waals surface area (Å²) >= 11 is -0.518. The van der Waals surface area contributed by atoms with Gasteiger partial charge in [0.1, 0.15) is 0 Å². The molecule has 0 radical (unpaired) electrons. The van der Waals surface area contributed by atoms with E-state index in [2.05, 4.69) is 0 Å². The monoisotopic (exact) mass is 458 g/mol.